The fourth-order valence-corrected chi connectivity index (χ4v) is 2.35. The Bertz CT molecular complexity index is 697. The number of fused-ring (bicyclic) bond motifs is 1. The number of rotatable bonds is 1. The highest BCUT2D eigenvalue weighted by molar-refractivity contribution is 9.10. The molecule has 0 bridgehead atoms. The Morgan fingerprint density at radius 2 is 2.24 bits per heavy atom. The van der Waals surface area contributed by atoms with Crippen molar-refractivity contribution >= 4 is 32.7 Å². The van der Waals surface area contributed by atoms with Crippen LogP contribution >= 0.6 is 15.9 Å². The molecule has 3 aromatic rings. The van der Waals surface area contributed by atoms with Gasteiger partial charge in [-0.05, 0) is 12.1 Å². The minimum absolute atomic E-state index is 0.506. The molecule has 0 saturated carbocycles. The van der Waals surface area contributed by atoms with Crippen molar-refractivity contribution in [3.05, 3.63) is 29.0 Å². The standard InChI is InChI=1S/C11H10BrN5/c1-17-5-6(4-14-17)8-2-7(12)3-9-10(8)15-16-11(9)13/h2-5H,1H3,(H3,13,15,16). The first kappa shape index (κ1) is 10.3. The average molecular weight is 292 g/mol. The summed E-state index contributed by atoms with van der Waals surface area (Å²) in [6.45, 7) is 0. The molecule has 2 heterocycles. The number of hydrogen-bond acceptors (Lipinski definition) is 3. The van der Waals surface area contributed by atoms with E-state index in [0.717, 1.165) is 26.5 Å². The highest BCUT2D eigenvalue weighted by atomic mass is 79.9. The predicted molar refractivity (Wildman–Crippen MR) is 70.4 cm³/mol. The highest BCUT2D eigenvalue weighted by Gasteiger charge is 2.11. The lowest BCUT2D eigenvalue weighted by Crippen LogP contribution is -1.85. The van der Waals surface area contributed by atoms with E-state index in [1.165, 1.54) is 0 Å². The van der Waals surface area contributed by atoms with Crippen LogP contribution in [0.5, 0.6) is 0 Å². The molecule has 0 aliphatic carbocycles. The van der Waals surface area contributed by atoms with Crippen LogP contribution in [0.15, 0.2) is 29.0 Å². The summed E-state index contributed by atoms with van der Waals surface area (Å²) in [5, 5.41) is 12.1. The number of aromatic amines is 1. The second-order valence-electron chi connectivity index (χ2n) is 3.89. The van der Waals surface area contributed by atoms with Gasteiger partial charge in [0.2, 0.25) is 0 Å². The molecule has 5 nitrogen and oxygen atoms in total. The summed E-state index contributed by atoms with van der Waals surface area (Å²) in [7, 11) is 1.89. The van der Waals surface area contributed by atoms with E-state index >= 15 is 0 Å². The zero-order valence-electron chi connectivity index (χ0n) is 9.11. The Morgan fingerprint density at radius 1 is 1.41 bits per heavy atom. The topological polar surface area (TPSA) is 72.5 Å². The molecular formula is C11H10BrN5. The van der Waals surface area contributed by atoms with E-state index in [-0.39, 0.29) is 0 Å². The highest BCUT2D eigenvalue weighted by Crippen LogP contribution is 2.32. The van der Waals surface area contributed by atoms with Gasteiger partial charge in [0.25, 0.3) is 0 Å². The quantitative estimate of drug-likeness (QED) is 0.723. The number of nitrogens with two attached hydrogens (primary N) is 1. The van der Waals surface area contributed by atoms with Crippen molar-refractivity contribution in [1.82, 2.24) is 20.0 Å². The number of benzene rings is 1. The van der Waals surface area contributed by atoms with Gasteiger partial charge in [0.05, 0.1) is 11.7 Å². The molecule has 3 rings (SSSR count). The monoisotopic (exact) mass is 291 g/mol. The number of nitrogens with one attached hydrogen (secondary N) is 1. The average Bonchev–Trinajstić information content (AvgIpc) is 2.86. The third kappa shape index (κ3) is 1.61. The van der Waals surface area contributed by atoms with E-state index in [0.29, 0.717) is 5.82 Å². The minimum atomic E-state index is 0.506. The van der Waals surface area contributed by atoms with Gasteiger partial charge in [0, 0.05) is 34.2 Å². The van der Waals surface area contributed by atoms with Crippen LogP contribution in [0.25, 0.3) is 22.0 Å². The molecule has 0 aliphatic rings. The Kier molecular flexibility index (Phi) is 2.19. The number of anilines is 1. The third-order valence-corrected chi connectivity index (χ3v) is 3.14. The molecule has 86 valence electrons. The van der Waals surface area contributed by atoms with Crippen LogP contribution in [-0.4, -0.2) is 20.0 Å². The Hall–Kier alpha value is -1.82. The van der Waals surface area contributed by atoms with Crippen LogP contribution < -0.4 is 5.73 Å². The van der Waals surface area contributed by atoms with Crippen molar-refractivity contribution < 1.29 is 0 Å². The zero-order valence-corrected chi connectivity index (χ0v) is 10.7. The number of H-pyrrole nitrogens is 1. The van der Waals surface area contributed by atoms with Crippen LogP contribution in [0.1, 0.15) is 0 Å². The van der Waals surface area contributed by atoms with Crippen LogP contribution in [0, 0.1) is 0 Å². The lowest BCUT2D eigenvalue weighted by molar-refractivity contribution is 0.768. The smallest absolute Gasteiger partial charge is 0.153 e. The number of hydrogen-bond donors (Lipinski definition) is 2. The third-order valence-electron chi connectivity index (χ3n) is 2.68. The van der Waals surface area contributed by atoms with Gasteiger partial charge in [-0.2, -0.15) is 10.2 Å². The largest absolute Gasteiger partial charge is 0.382 e. The van der Waals surface area contributed by atoms with Gasteiger partial charge in [0.15, 0.2) is 5.82 Å². The molecule has 2 aromatic heterocycles. The van der Waals surface area contributed by atoms with Gasteiger partial charge in [-0.3, -0.25) is 9.78 Å². The Labute approximate surface area is 106 Å². The van der Waals surface area contributed by atoms with Crippen LogP contribution in [-0.2, 0) is 7.05 Å². The molecule has 0 amide bonds. The lowest BCUT2D eigenvalue weighted by Gasteiger charge is -2.01. The van der Waals surface area contributed by atoms with Crippen molar-refractivity contribution in [2.24, 2.45) is 7.05 Å². The molecule has 0 fully saturated rings. The van der Waals surface area contributed by atoms with E-state index < -0.39 is 0 Å². The van der Waals surface area contributed by atoms with Crippen LogP contribution in [0.3, 0.4) is 0 Å². The summed E-state index contributed by atoms with van der Waals surface area (Å²) in [5.74, 6) is 0.506. The van der Waals surface area contributed by atoms with Gasteiger partial charge in [-0.15, -0.1) is 0 Å². The molecule has 3 N–H and O–H groups in total. The maximum Gasteiger partial charge on any atom is 0.153 e. The SMILES string of the molecule is Cn1cc(-c2cc(Br)cc3c(N)n[nH]c23)cn1. The molecular weight excluding hydrogens is 282 g/mol. The lowest BCUT2D eigenvalue weighted by atomic mass is 10.1. The second-order valence-corrected chi connectivity index (χ2v) is 4.80. The molecule has 0 aliphatic heterocycles. The van der Waals surface area contributed by atoms with E-state index in [9.17, 15) is 0 Å². The first-order chi connectivity index (χ1) is 8.15. The molecule has 0 saturated heterocycles. The van der Waals surface area contributed by atoms with Crippen molar-refractivity contribution in [2.75, 3.05) is 5.73 Å². The molecule has 17 heavy (non-hydrogen) atoms. The molecule has 0 spiro atoms. The second kappa shape index (κ2) is 3.59. The molecule has 0 unspecified atom stereocenters. The van der Waals surface area contributed by atoms with Gasteiger partial charge in [0.1, 0.15) is 0 Å². The normalized spacial score (nSPS) is 11.2. The van der Waals surface area contributed by atoms with Gasteiger partial charge < -0.3 is 5.73 Å². The predicted octanol–water partition coefficient (Wildman–Crippen LogP) is 2.31. The number of nitrogen functional groups attached to an aromatic ring is 1. The fourth-order valence-electron chi connectivity index (χ4n) is 1.89. The van der Waals surface area contributed by atoms with Crippen molar-refractivity contribution in [1.29, 1.82) is 0 Å². The van der Waals surface area contributed by atoms with E-state index in [1.54, 1.807) is 4.68 Å². The summed E-state index contributed by atoms with van der Waals surface area (Å²) in [5.41, 5.74) is 8.81. The van der Waals surface area contributed by atoms with Crippen LogP contribution in [0.4, 0.5) is 5.82 Å². The summed E-state index contributed by atoms with van der Waals surface area (Å²) in [6, 6.07) is 3.98. The van der Waals surface area contributed by atoms with E-state index in [1.807, 2.05) is 31.6 Å². The summed E-state index contributed by atoms with van der Waals surface area (Å²) in [6.07, 6.45) is 3.77. The molecule has 0 atom stereocenters. The number of aromatic nitrogens is 4. The summed E-state index contributed by atoms with van der Waals surface area (Å²) in [4.78, 5) is 0. The maximum absolute atomic E-state index is 5.81. The summed E-state index contributed by atoms with van der Waals surface area (Å²) < 4.78 is 2.74. The number of aryl methyl sites for hydroxylation is 1. The Morgan fingerprint density at radius 3 is 2.94 bits per heavy atom. The summed E-state index contributed by atoms with van der Waals surface area (Å²) >= 11 is 3.48. The first-order valence-corrected chi connectivity index (χ1v) is 5.86. The van der Waals surface area contributed by atoms with Gasteiger partial charge >= 0.3 is 0 Å². The van der Waals surface area contributed by atoms with Crippen LogP contribution in [0.2, 0.25) is 0 Å². The zero-order chi connectivity index (χ0) is 12.0. The van der Waals surface area contributed by atoms with Crippen molar-refractivity contribution in [3.8, 4) is 11.1 Å². The molecule has 6 heteroatoms. The fraction of sp³-hybridized carbons (Fsp3) is 0.0909. The van der Waals surface area contributed by atoms with Crippen molar-refractivity contribution in [3.63, 3.8) is 0 Å². The van der Waals surface area contributed by atoms with Gasteiger partial charge in [-0.25, -0.2) is 0 Å². The Balaban J connectivity index is 2.35. The number of halogens is 1. The minimum Gasteiger partial charge on any atom is -0.382 e. The maximum atomic E-state index is 5.81. The van der Waals surface area contributed by atoms with Gasteiger partial charge in [-0.1, -0.05) is 15.9 Å². The molecule has 0 radical (unpaired) electrons. The molecule has 1 aromatic carbocycles. The van der Waals surface area contributed by atoms with E-state index in [2.05, 4.69) is 31.2 Å². The van der Waals surface area contributed by atoms with E-state index in [4.69, 9.17) is 5.73 Å². The number of nitrogens with zero attached hydrogens (tertiary/aromatic N) is 3. The van der Waals surface area contributed by atoms with Crippen molar-refractivity contribution in [2.45, 2.75) is 0 Å². The first-order valence-electron chi connectivity index (χ1n) is 5.07.